The van der Waals surface area contributed by atoms with Crippen molar-refractivity contribution >= 4 is 5.91 Å². The smallest absolute Gasteiger partial charge is 0.248 e. The summed E-state index contributed by atoms with van der Waals surface area (Å²) in [7, 11) is 0. The van der Waals surface area contributed by atoms with E-state index in [9.17, 15) is 4.79 Å². The van der Waals surface area contributed by atoms with Crippen LogP contribution in [-0.4, -0.2) is 5.91 Å². The molecule has 0 radical (unpaired) electrons. The minimum Gasteiger partial charge on any atom is -0.366 e. The van der Waals surface area contributed by atoms with Crippen molar-refractivity contribution in [2.75, 3.05) is 0 Å². The van der Waals surface area contributed by atoms with Gasteiger partial charge in [0, 0.05) is 25.0 Å². The maximum Gasteiger partial charge on any atom is 0.248 e. The zero-order valence-electron chi connectivity index (χ0n) is 5.58. The molecule has 1 aromatic rings. The van der Waals surface area contributed by atoms with E-state index in [1.54, 1.807) is 24.3 Å². The van der Waals surface area contributed by atoms with E-state index in [2.05, 4.69) is 0 Å². The van der Waals surface area contributed by atoms with Crippen LogP contribution in [0.5, 0.6) is 0 Å². The number of hydrogen-bond donors (Lipinski definition) is 1. The Balaban J connectivity index is 0.000000810. The fourth-order valence-corrected chi connectivity index (χ4v) is 0.602. The predicted molar refractivity (Wildman–Crippen MR) is 35.0 cm³/mol. The van der Waals surface area contributed by atoms with Crippen molar-refractivity contribution in [3.05, 3.63) is 35.9 Å². The van der Waals surface area contributed by atoms with Crippen molar-refractivity contribution in [1.29, 1.82) is 0 Å². The Labute approximate surface area is 72.2 Å². The van der Waals surface area contributed by atoms with Crippen molar-refractivity contribution in [2.45, 2.75) is 0 Å². The molecule has 2 nitrogen and oxygen atoms in total. The number of rotatable bonds is 1. The first kappa shape index (κ1) is 9.31. The molecule has 0 unspecified atom stereocenters. The molecule has 0 saturated heterocycles. The standard InChI is InChI=1S/C7H7NO.Zn/c8-7(9)6-4-2-1-3-5-6;/h1-5H,(H2,8,9);. The van der Waals surface area contributed by atoms with Crippen LogP contribution in [0.3, 0.4) is 0 Å². The van der Waals surface area contributed by atoms with Gasteiger partial charge in [0.25, 0.3) is 0 Å². The first-order valence-electron chi connectivity index (χ1n) is 2.65. The quantitative estimate of drug-likeness (QED) is 0.648. The van der Waals surface area contributed by atoms with Gasteiger partial charge >= 0.3 is 0 Å². The molecule has 2 N–H and O–H groups in total. The van der Waals surface area contributed by atoms with Gasteiger partial charge in [-0.05, 0) is 12.1 Å². The summed E-state index contributed by atoms with van der Waals surface area (Å²) in [6, 6.07) is 8.76. The van der Waals surface area contributed by atoms with Gasteiger partial charge in [-0.1, -0.05) is 18.2 Å². The van der Waals surface area contributed by atoms with Crippen LogP contribution in [0, 0.1) is 0 Å². The number of amides is 1. The van der Waals surface area contributed by atoms with Gasteiger partial charge in [-0.25, -0.2) is 0 Å². The summed E-state index contributed by atoms with van der Waals surface area (Å²) in [5.41, 5.74) is 5.53. The zero-order valence-corrected chi connectivity index (χ0v) is 8.55. The largest absolute Gasteiger partial charge is 0.366 e. The van der Waals surface area contributed by atoms with E-state index in [4.69, 9.17) is 5.73 Å². The Hall–Kier alpha value is -0.687. The van der Waals surface area contributed by atoms with Crippen molar-refractivity contribution in [1.82, 2.24) is 0 Å². The molecule has 1 rings (SSSR count). The number of primary amides is 1. The Morgan fingerprint density at radius 2 is 1.70 bits per heavy atom. The fraction of sp³-hybridized carbons (Fsp3) is 0. The van der Waals surface area contributed by atoms with E-state index in [-0.39, 0.29) is 25.4 Å². The Kier molecular flexibility index (Phi) is 3.89. The summed E-state index contributed by atoms with van der Waals surface area (Å²) in [6.45, 7) is 0. The molecule has 3 heteroatoms. The molecular formula is C7H7NOZn. The van der Waals surface area contributed by atoms with Crippen LogP contribution in [0.25, 0.3) is 0 Å². The van der Waals surface area contributed by atoms with E-state index in [0.717, 1.165) is 0 Å². The molecular weight excluding hydrogens is 179 g/mol. The molecule has 0 bridgehead atoms. The fourth-order valence-electron chi connectivity index (χ4n) is 0.602. The molecule has 0 aliphatic rings. The van der Waals surface area contributed by atoms with E-state index in [1.807, 2.05) is 6.07 Å². The van der Waals surface area contributed by atoms with Gasteiger partial charge in [-0.2, -0.15) is 0 Å². The summed E-state index contributed by atoms with van der Waals surface area (Å²) in [5.74, 6) is -0.379. The topological polar surface area (TPSA) is 43.1 Å². The van der Waals surface area contributed by atoms with Crippen molar-refractivity contribution in [2.24, 2.45) is 5.73 Å². The second-order valence-electron chi connectivity index (χ2n) is 1.73. The van der Waals surface area contributed by atoms with Crippen LogP contribution in [0.15, 0.2) is 30.3 Å². The Morgan fingerprint density at radius 3 is 2.00 bits per heavy atom. The van der Waals surface area contributed by atoms with Gasteiger partial charge in [0.15, 0.2) is 0 Å². The van der Waals surface area contributed by atoms with Gasteiger partial charge in [0.2, 0.25) is 5.91 Å². The molecule has 0 atom stereocenters. The van der Waals surface area contributed by atoms with Gasteiger partial charge in [-0.3, -0.25) is 4.79 Å². The molecule has 0 saturated carbocycles. The number of carbonyl (C=O) groups excluding carboxylic acids is 1. The number of benzene rings is 1. The van der Waals surface area contributed by atoms with Crippen LogP contribution in [-0.2, 0) is 19.5 Å². The summed E-state index contributed by atoms with van der Waals surface area (Å²) < 4.78 is 0. The summed E-state index contributed by atoms with van der Waals surface area (Å²) in [4.78, 5) is 10.4. The zero-order chi connectivity index (χ0) is 6.69. The monoisotopic (exact) mass is 185 g/mol. The maximum atomic E-state index is 10.4. The molecule has 0 spiro atoms. The third kappa shape index (κ3) is 2.28. The second-order valence-corrected chi connectivity index (χ2v) is 1.73. The van der Waals surface area contributed by atoms with Gasteiger partial charge in [-0.15, -0.1) is 0 Å². The first-order valence-corrected chi connectivity index (χ1v) is 2.65. The number of nitrogens with two attached hydrogens (primary N) is 1. The summed E-state index contributed by atoms with van der Waals surface area (Å²) in [5, 5.41) is 0. The average Bonchev–Trinajstić information content (AvgIpc) is 1.90. The molecule has 1 amide bonds. The first-order chi connectivity index (χ1) is 4.30. The Morgan fingerprint density at radius 1 is 1.20 bits per heavy atom. The molecule has 0 heterocycles. The van der Waals surface area contributed by atoms with E-state index >= 15 is 0 Å². The molecule has 0 aromatic heterocycles. The van der Waals surface area contributed by atoms with E-state index in [1.165, 1.54) is 0 Å². The average molecular weight is 187 g/mol. The Bertz CT molecular complexity index is 210. The summed E-state index contributed by atoms with van der Waals surface area (Å²) >= 11 is 0. The number of hydrogen-bond acceptors (Lipinski definition) is 1. The normalized spacial score (nSPS) is 8.00. The van der Waals surface area contributed by atoms with Crippen LogP contribution in [0.2, 0.25) is 0 Å². The van der Waals surface area contributed by atoms with Gasteiger partial charge in [0.05, 0.1) is 0 Å². The van der Waals surface area contributed by atoms with Crippen molar-refractivity contribution < 1.29 is 24.3 Å². The van der Waals surface area contributed by atoms with Crippen molar-refractivity contribution in [3.63, 3.8) is 0 Å². The summed E-state index contributed by atoms with van der Waals surface area (Å²) in [6.07, 6.45) is 0. The van der Waals surface area contributed by atoms with Crippen molar-refractivity contribution in [3.8, 4) is 0 Å². The van der Waals surface area contributed by atoms with E-state index < -0.39 is 0 Å². The second kappa shape index (κ2) is 4.18. The molecule has 0 aliphatic heterocycles. The molecule has 48 valence electrons. The third-order valence-electron chi connectivity index (χ3n) is 1.06. The SMILES string of the molecule is NC(=O)c1ccccc1.[Zn]. The predicted octanol–water partition coefficient (Wildman–Crippen LogP) is 0.783. The van der Waals surface area contributed by atoms with E-state index in [0.29, 0.717) is 5.56 Å². The number of carbonyl (C=O) groups is 1. The molecule has 10 heavy (non-hydrogen) atoms. The molecule has 0 aliphatic carbocycles. The minimum atomic E-state index is -0.379. The minimum absolute atomic E-state index is 0. The van der Waals surface area contributed by atoms with Crippen LogP contribution < -0.4 is 5.73 Å². The van der Waals surface area contributed by atoms with Crippen LogP contribution in [0.1, 0.15) is 10.4 Å². The third-order valence-corrected chi connectivity index (χ3v) is 1.06. The van der Waals surface area contributed by atoms with Gasteiger partial charge in [0.1, 0.15) is 0 Å². The molecule has 1 aromatic carbocycles. The molecule has 0 fully saturated rings. The van der Waals surface area contributed by atoms with Crippen LogP contribution in [0.4, 0.5) is 0 Å². The van der Waals surface area contributed by atoms with Crippen LogP contribution >= 0.6 is 0 Å². The van der Waals surface area contributed by atoms with Gasteiger partial charge < -0.3 is 5.73 Å². The maximum absolute atomic E-state index is 10.4.